The first-order valence-electron chi connectivity index (χ1n) is 7.49. The first-order valence-corrected chi connectivity index (χ1v) is 7.49. The Morgan fingerprint density at radius 2 is 1.90 bits per heavy atom. The highest BCUT2D eigenvalue weighted by molar-refractivity contribution is 5.26. The van der Waals surface area contributed by atoms with Crippen molar-refractivity contribution in [3.63, 3.8) is 0 Å². The molecule has 0 saturated heterocycles. The lowest BCUT2D eigenvalue weighted by Crippen LogP contribution is -2.30. The standard InChI is InChI=1S/C16H19N3O2/c20-15-13(10-12-8-4-5-9-17-12)14(18-16(21)19-15)11-6-2-1-3-7-11/h4-5,8-9,11H,1-3,6-7,10H2,(H2,18,19,20,21). The summed E-state index contributed by atoms with van der Waals surface area (Å²) < 4.78 is 0. The van der Waals surface area contributed by atoms with Crippen molar-refractivity contribution >= 4 is 0 Å². The summed E-state index contributed by atoms with van der Waals surface area (Å²) in [5.41, 5.74) is 1.61. The van der Waals surface area contributed by atoms with E-state index in [1.807, 2.05) is 18.2 Å². The van der Waals surface area contributed by atoms with Gasteiger partial charge in [-0.1, -0.05) is 25.3 Å². The highest BCUT2D eigenvalue weighted by atomic mass is 16.2. The zero-order valence-corrected chi connectivity index (χ0v) is 11.9. The SMILES string of the molecule is O=c1[nH]c(C2CCCCC2)c(Cc2ccccn2)c(=O)[nH]1. The molecule has 2 aromatic rings. The monoisotopic (exact) mass is 285 g/mol. The van der Waals surface area contributed by atoms with E-state index in [0.717, 1.165) is 37.1 Å². The molecule has 0 atom stereocenters. The van der Waals surface area contributed by atoms with Crippen molar-refractivity contribution in [1.82, 2.24) is 15.0 Å². The molecule has 5 heteroatoms. The Morgan fingerprint density at radius 3 is 2.62 bits per heavy atom. The quantitative estimate of drug-likeness (QED) is 0.906. The van der Waals surface area contributed by atoms with E-state index >= 15 is 0 Å². The topological polar surface area (TPSA) is 78.6 Å². The van der Waals surface area contributed by atoms with Gasteiger partial charge >= 0.3 is 5.69 Å². The molecule has 110 valence electrons. The Kier molecular flexibility index (Phi) is 3.99. The molecular formula is C16H19N3O2. The van der Waals surface area contributed by atoms with Crippen LogP contribution >= 0.6 is 0 Å². The Balaban J connectivity index is 2.01. The number of hydrogen-bond acceptors (Lipinski definition) is 3. The highest BCUT2D eigenvalue weighted by Crippen LogP contribution is 2.32. The van der Waals surface area contributed by atoms with Gasteiger partial charge in [-0.05, 0) is 30.9 Å². The summed E-state index contributed by atoms with van der Waals surface area (Å²) >= 11 is 0. The second-order valence-electron chi connectivity index (χ2n) is 5.63. The summed E-state index contributed by atoms with van der Waals surface area (Å²) in [6.45, 7) is 0. The largest absolute Gasteiger partial charge is 0.325 e. The lowest BCUT2D eigenvalue weighted by atomic mass is 9.84. The number of aromatic nitrogens is 3. The molecule has 0 radical (unpaired) electrons. The van der Waals surface area contributed by atoms with E-state index < -0.39 is 5.69 Å². The number of rotatable bonds is 3. The van der Waals surface area contributed by atoms with Gasteiger partial charge in [0.15, 0.2) is 0 Å². The Labute approximate surface area is 122 Å². The summed E-state index contributed by atoms with van der Waals surface area (Å²) in [5, 5.41) is 0. The minimum atomic E-state index is -0.412. The van der Waals surface area contributed by atoms with E-state index in [0.29, 0.717) is 12.0 Å². The fraction of sp³-hybridized carbons (Fsp3) is 0.438. The van der Waals surface area contributed by atoms with Gasteiger partial charge in [-0.25, -0.2) is 4.79 Å². The Bertz CT molecular complexity index is 712. The third kappa shape index (κ3) is 3.12. The van der Waals surface area contributed by atoms with Crippen molar-refractivity contribution in [2.45, 2.75) is 44.4 Å². The van der Waals surface area contributed by atoms with Gasteiger partial charge in [-0.3, -0.25) is 14.8 Å². The highest BCUT2D eigenvalue weighted by Gasteiger charge is 2.21. The average molecular weight is 285 g/mol. The van der Waals surface area contributed by atoms with Crippen molar-refractivity contribution in [1.29, 1.82) is 0 Å². The first kappa shape index (κ1) is 13.8. The Morgan fingerprint density at radius 1 is 1.10 bits per heavy atom. The molecule has 0 aliphatic heterocycles. The van der Waals surface area contributed by atoms with Gasteiger partial charge in [0.25, 0.3) is 5.56 Å². The van der Waals surface area contributed by atoms with Crippen LogP contribution in [0.25, 0.3) is 0 Å². The van der Waals surface area contributed by atoms with Crippen LogP contribution < -0.4 is 11.2 Å². The van der Waals surface area contributed by atoms with Crippen LogP contribution in [0.3, 0.4) is 0 Å². The number of nitrogens with one attached hydrogen (secondary N) is 2. The molecule has 0 unspecified atom stereocenters. The molecule has 1 aliphatic rings. The zero-order valence-electron chi connectivity index (χ0n) is 11.9. The molecule has 1 fully saturated rings. The van der Waals surface area contributed by atoms with Gasteiger partial charge in [0.05, 0.1) is 0 Å². The van der Waals surface area contributed by atoms with Gasteiger partial charge in [0.2, 0.25) is 0 Å². The molecule has 0 aromatic carbocycles. The van der Waals surface area contributed by atoms with Crippen LogP contribution in [0.2, 0.25) is 0 Å². The minimum absolute atomic E-state index is 0.285. The second-order valence-corrected chi connectivity index (χ2v) is 5.63. The predicted octanol–water partition coefficient (Wildman–Crippen LogP) is 2.10. The van der Waals surface area contributed by atoms with Crippen molar-refractivity contribution in [2.75, 3.05) is 0 Å². The molecule has 1 aliphatic carbocycles. The van der Waals surface area contributed by atoms with E-state index in [-0.39, 0.29) is 11.5 Å². The van der Waals surface area contributed by atoms with E-state index in [2.05, 4.69) is 15.0 Å². The fourth-order valence-corrected chi connectivity index (χ4v) is 3.13. The summed E-state index contributed by atoms with van der Waals surface area (Å²) in [5.74, 6) is 0.285. The molecule has 1 saturated carbocycles. The maximum Gasteiger partial charge on any atom is 0.325 e. The molecule has 21 heavy (non-hydrogen) atoms. The second kappa shape index (κ2) is 6.08. The average Bonchev–Trinajstić information content (AvgIpc) is 2.51. The van der Waals surface area contributed by atoms with Crippen LogP contribution in [0.15, 0.2) is 34.0 Å². The number of hydrogen-bond donors (Lipinski definition) is 2. The lowest BCUT2D eigenvalue weighted by molar-refractivity contribution is 0.432. The van der Waals surface area contributed by atoms with Gasteiger partial charge in [0, 0.05) is 29.6 Å². The van der Waals surface area contributed by atoms with Crippen LogP contribution in [-0.4, -0.2) is 15.0 Å². The maximum atomic E-state index is 12.2. The maximum absolute atomic E-state index is 12.2. The summed E-state index contributed by atoms with van der Waals surface area (Å²) in [6.07, 6.45) is 7.79. The van der Waals surface area contributed by atoms with E-state index in [9.17, 15) is 9.59 Å². The number of aromatic amines is 2. The molecule has 5 nitrogen and oxygen atoms in total. The third-order valence-electron chi connectivity index (χ3n) is 4.17. The number of pyridine rings is 1. The molecule has 2 heterocycles. The lowest BCUT2D eigenvalue weighted by Gasteiger charge is -2.23. The summed E-state index contributed by atoms with van der Waals surface area (Å²) in [4.78, 5) is 33.3. The van der Waals surface area contributed by atoms with E-state index in [1.54, 1.807) is 6.20 Å². The third-order valence-corrected chi connectivity index (χ3v) is 4.17. The first-order chi connectivity index (χ1) is 10.2. The minimum Gasteiger partial charge on any atom is -0.311 e. The molecule has 2 N–H and O–H groups in total. The molecule has 0 amide bonds. The van der Waals surface area contributed by atoms with Gasteiger partial charge in [0.1, 0.15) is 0 Å². The summed E-state index contributed by atoms with van der Waals surface area (Å²) in [6, 6.07) is 5.65. The smallest absolute Gasteiger partial charge is 0.311 e. The summed E-state index contributed by atoms with van der Waals surface area (Å²) in [7, 11) is 0. The number of nitrogens with zero attached hydrogens (tertiary/aromatic N) is 1. The van der Waals surface area contributed by atoms with Crippen molar-refractivity contribution in [2.24, 2.45) is 0 Å². The van der Waals surface area contributed by atoms with Crippen molar-refractivity contribution in [3.8, 4) is 0 Å². The van der Waals surface area contributed by atoms with Crippen LogP contribution in [0, 0.1) is 0 Å². The van der Waals surface area contributed by atoms with Gasteiger partial charge in [-0.15, -0.1) is 0 Å². The molecule has 0 spiro atoms. The van der Waals surface area contributed by atoms with Crippen LogP contribution in [0.1, 0.15) is 55.0 Å². The van der Waals surface area contributed by atoms with Gasteiger partial charge in [-0.2, -0.15) is 0 Å². The number of H-pyrrole nitrogens is 2. The van der Waals surface area contributed by atoms with Crippen molar-refractivity contribution in [3.05, 3.63) is 62.2 Å². The fourth-order valence-electron chi connectivity index (χ4n) is 3.13. The van der Waals surface area contributed by atoms with Crippen molar-refractivity contribution < 1.29 is 0 Å². The van der Waals surface area contributed by atoms with Gasteiger partial charge < -0.3 is 4.98 Å². The zero-order chi connectivity index (χ0) is 14.7. The normalized spacial score (nSPS) is 16.0. The molecule has 3 rings (SSSR count). The van der Waals surface area contributed by atoms with Crippen LogP contribution in [0.4, 0.5) is 0 Å². The Hall–Kier alpha value is -2.17. The molecular weight excluding hydrogens is 266 g/mol. The van der Waals surface area contributed by atoms with E-state index in [4.69, 9.17) is 0 Å². The molecule has 2 aromatic heterocycles. The van der Waals surface area contributed by atoms with Crippen LogP contribution in [0.5, 0.6) is 0 Å². The molecule has 0 bridgehead atoms. The van der Waals surface area contributed by atoms with Crippen LogP contribution in [-0.2, 0) is 6.42 Å². The van der Waals surface area contributed by atoms with E-state index in [1.165, 1.54) is 6.42 Å². The predicted molar refractivity (Wildman–Crippen MR) is 80.6 cm³/mol.